The Morgan fingerprint density at radius 2 is 1.79 bits per heavy atom. The number of rotatable bonds is 5. The fraction of sp³-hybridized carbons (Fsp3) is 0.211. The second-order valence-corrected chi connectivity index (χ2v) is 6.77. The number of urea groups is 1. The molecule has 1 fully saturated rings. The zero-order chi connectivity index (χ0) is 21.2. The van der Waals surface area contributed by atoms with Crippen LogP contribution in [0.1, 0.15) is 15.9 Å². The molecule has 1 aliphatic heterocycles. The normalized spacial score (nSPS) is 19.2. The Labute approximate surface area is 168 Å². The zero-order valence-corrected chi connectivity index (χ0v) is 15.6. The highest BCUT2D eigenvalue weighted by molar-refractivity contribution is 6.31. The molecular formula is C19H15ClF3N3O3. The number of hydrogen-bond acceptors (Lipinski definition) is 3. The predicted octanol–water partition coefficient (Wildman–Crippen LogP) is 3.12. The molecule has 2 N–H and O–H groups in total. The minimum atomic E-state index is -5.27. The van der Waals surface area contributed by atoms with Crippen molar-refractivity contribution in [1.29, 1.82) is 0 Å². The van der Waals surface area contributed by atoms with Crippen LogP contribution in [0.2, 0.25) is 5.02 Å². The largest absolute Gasteiger partial charge is 0.440 e. The van der Waals surface area contributed by atoms with Crippen molar-refractivity contribution in [3.63, 3.8) is 0 Å². The molecule has 1 saturated heterocycles. The fourth-order valence-corrected chi connectivity index (χ4v) is 3.07. The van der Waals surface area contributed by atoms with Crippen LogP contribution in [0.3, 0.4) is 0 Å². The van der Waals surface area contributed by atoms with Crippen LogP contribution in [0.5, 0.6) is 0 Å². The Morgan fingerprint density at radius 1 is 1.10 bits per heavy atom. The topological polar surface area (TPSA) is 78.5 Å². The van der Waals surface area contributed by atoms with Gasteiger partial charge in [-0.1, -0.05) is 48.0 Å². The number of hydrogen-bond donors (Lipinski definition) is 2. The molecule has 0 saturated carbocycles. The molecule has 0 spiro atoms. The summed E-state index contributed by atoms with van der Waals surface area (Å²) in [5, 5.41) is 3.37. The first-order chi connectivity index (χ1) is 13.6. The van der Waals surface area contributed by atoms with Crippen molar-refractivity contribution in [2.24, 2.45) is 0 Å². The second kappa shape index (κ2) is 7.75. The monoisotopic (exact) mass is 425 g/mol. The molecular weight excluding hydrogens is 411 g/mol. The van der Waals surface area contributed by atoms with E-state index in [1.807, 2.05) is 0 Å². The van der Waals surface area contributed by atoms with Gasteiger partial charge in [0.1, 0.15) is 0 Å². The van der Waals surface area contributed by atoms with Gasteiger partial charge in [0.15, 0.2) is 0 Å². The SMILES string of the molecule is O=C(N[C@]1(C(F)(F)F)NC(=O)N(CCc2ccccc2)C1=O)c1cccc(Cl)c1. The van der Waals surface area contributed by atoms with Crippen molar-refractivity contribution in [2.45, 2.75) is 18.3 Å². The molecule has 2 aromatic rings. The van der Waals surface area contributed by atoms with Crippen LogP contribution in [0.4, 0.5) is 18.0 Å². The van der Waals surface area contributed by atoms with E-state index < -0.39 is 29.7 Å². The van der Waals surface area contributed by atoms with E-state index in [1.54, 1.807) is 41.0 Å². The summed E-state index contributed by atoms with van der Waals surface area (Å²) in [4.78, 5) is 37.6. The van der Waals surface area contributed by atoms with Crippen molar-refractivity contribution in [1.82, 2.24) is 15.5 Å². The van der Waals surface area contributed by atoms with Gasteiger partial charge in [-0.3, -0.25) is 19.8 Å². The van der Waals surface area contributed by atoms with Gasteiger partial charge in [0.2, 0.25) is 0 Å². The highest BCUT2D eigenvalue weighted by Crippen LogP contribution is 2.34. The summed E-state index contributed by atoms with van der Waals surface area (Å²) in [7, 11) is 0. The van der Waals surface area contributed by atoms with E-state index in [1.165, 1.54) is 18.2 Å². The second-order valence-electron chi connectivity index (χ2n) is 6.33. The minimum absolute atomic E-state index is 0.130. The number of carbonyl (C=O) groups excluding carboxylic acids is 3. The van der Waals surface area contributed by atoms with Gasteiger partial charge < -0.3 is 5.32 Å². The van der Waals surface area contributed by atoms with Crippen LogP contribution in [-0.4, -0.2) is 41.1 Å². The maximum absolute atomic E-state index is 13.8. The number of nitrogens with zero attached hydrogens (tertiary/aromatic N) is 1. The number of amides is 4. The van der Waals surface area contributed by atoms with Crippen LogP contribution in [0, 0.1) is 0 Å². The van der Waals surface area contributed by atoms with Gasteiger partial charge in [-0.05, 0) is 30.2 Å². The van der Waals surface area contributed by atoms with Crippen LogP contribution in [0.25, 0.3) is 0 Å². The maximum atomic E-state index is 13.8. The lowest BCUT2D eigenvalue weighted by atomic mass is 10.1. The molecule has 3 rings (SSSR count). The molecule has 0 unspecified atom stereocenters. The number of halogens is 4. The van der Waals surface area contributed by atoms with E-state index in [0.717, 1.165) is 11.6 Å². The van der Waals surface area contributed by atoms with Crippen molar-refractivity contribution in [2.75, 3.05) is 6.54 Å². The Morgan fingerprint density at radius 3 is 2.41 bits per heavy atom. The Kier molecular flexibility index (Phi) is 5.52. The molecule has 1 aliphatic rings. The summed E-state index contributed by atoms with van der Waals surface area (Å²) in [6.07, 6.45) is -5.11. The summed E-state index contributed by atoms with van der Waals surface area (Å²) in [5.74, 6) is -2.80. The van der Waals surface area contributed by atoms with E-state index in [2.05, 4.69) is 0 Å². The number of benzene rings is 2. The summed E-state index contributed by atoms with van der Waals surface area (Å²) in [6, 6.07) is 12.6. The van der Waals surface area contributed by atoms with Gasteiger partial charge in [-0.2, -0.15) is 13.2 Å². The average Bonchev–Trinajstić information content (AvgIpc) is 2.91. The third kappa shape index (κ3) is 4.04. The van der Waals surface area contributed by atoms with Gasteiger partial charge in [0.25, 0.3) is 17.5 Å². The van der Waals surface area contributed by atoms with Crippen molar-refractivity contribution < 1.29 is 27.6 Å². The number of nitrogens with one attached hydrogen (secondary N) is 2. The highest BCUT2D eigenvalue weighted by Gasteiger charge is 2.68. The first kappa shape index (κ1) is 20.7. The van der Waals surface area contributed by atoms with Crippen LogP contribution >= 0.6 is 11.6 Å². The molecule has 0 aromatic heterocycles. The van der Waals surface area contributed by atoms with Crippen molar-refractivity contribution in [3.8, 4) is 0 Å². The highest BCUT2D eigenvalue weighted by atomic mass is 35.5. The molecule has 1 heterocycles. The third-order valence-electron chi connectivity index (χ3n) is 4.39. The average molecular weight is 426 g/mol. The lowest BCUT2D eigenvalue weighted by Crippen LogP contribution is -2.69. The minimum Gasteiger partial charge on any atom is -0.314 e. The van der Waals surface area contributed by atoms with Gasteiger partial charge in [0.05, 0.1) is 0 Å². The first-order valence-corrected chi connectivity index (χ1v) is 8.85. The van der Waals surface area contributed by atoms with E-state index in [9.17, 15) is 27.6 Å². The zero-order valence-electron chi connectivity index (χ0n) is 14.8. The van der Waals surface area contributed by atoms with Gasteiger partial charge >= 0.3 is 12.2 Å². The quantitative estimate of drug-likeness (QED) is 0.722. The van der Waals surface area contributed by atoms with E-state index >= 15 is 0 Å². The fourth-order valence-electron chi connectivity index (χ4n) is 2.88. The van der Waals surface area contributed by atoms with E-state index in [0.29, 0.717) is 4.90 Å². The molecule has 4 amide bonds. The Balaban J connectivity index is 1.85. The summed E-state index contributed by atoms with van der Waals surface area (Å²) < 4.78 is 41.5. The van der Waals surface area contributed by atoms with Crippen molar-refractivity contribution >= 4 is 29.4 Å². The molecule has 0 aliphatic carbocycles. The van der Waals surface area contributed by atoms with Crippen LogP contribution in [0.15, 0.2) is 54.6 Å². The molecule has 10 heteroatoms. The molecule has 0 radical (unpaired) electrons. The number of carbonyl (C=O) groups is 3. The molecule has 0 bridgehead atoms. The summed E-state index contributed by atoms with van der Waals surface area (Å²) in [5.41, 5.74) is -3.01. The molecule has 1 atom stereocenters. The molecule has 2 aromatic carbocycles. The Bertz CT molecular complexity index is 952. The molecule has 29 heavy (non-hydrogen) atoms. The number of imide groups is 1. The lowest BCUT2D eigenvalue weighted by molar-refractivity contribution is -0.200. The first-order valence-electron chi connectivity index (χ1n) is 8.47. The van der Waals surface area contributed by atoms with Gasteiger partial charge in [-0.25, -0.2) is 4.79 Å². The third-order valence-corrected chi connectivity index (χ3v) is 4.62. The van der Waals surface area contributed by atoms with Gasteiger partial charge in [0, 0.05) is 17.1 Å². The molecule has 6 nitrogen and oxygen atoms in total. The molecule has 152 valence electrons. The standard InChI is InChI=1S/C19H15ClF3N3O3/c20-14-8-4-7-13(11-14)15(27)24-18(19(21,22)23)16(28)26(17(29)25-18)10-9-12-5-2-1-3-6-12/h1-8,11H,9-10H2,(H,24,27)(H,25,29)/t18-/m0/s1. The van der Waals surface area contributed by atoms with Gasteiger partial charge in [-0.15, -0.1) is 0 Å². The van der Waals surface area contributed by atoms with Crippen molar-refractivity contribution in [3.05, 3.63) is 70.7 Å². The summed E-state index contributed by atoms with van der Waals surface area (Å²) in [6.45, 7) is -0.278. The Hall–Kier alpha value is -3.07. The summed E-state index contributed by atoms with van der Waals surface area (Å²) >= 11 is 5.76. The van der Waals surface area contributed by atoms with Crippen LogP contribution in [-0.2, 0) is 11.2 Å². The lowest BCUT2D eigenvalue weighted by Gasteiger charge is -2.29. The van der Waals surface area contributed by atoms with E-state index in [4.69, 9.17) is 11.6 Å². The maximum Gasteiger partial charge on any atom is 0.440 e. The smallest absolute Gasteiger partial charge is 0.314 e. The van der Waals surface area contributed by atoms with E-state index in [-0.39, 0.29) is 23.6 Å². The number of alkyl halides is 3. The van der Waals surface area contributed by atoms with Crippen LogP contribution < -0.4 is 10.6 Å². The predicted molar refractivity (Wildman–Crippen MR) is 98.1 cm³/mol.